The third kappa shape index (κ3) is 8.41. The standard InChI is InChI=1S/C29H32Cl2N2O4/c1-29(2,3)32-28(35)24(17-20-10-6-5-7-11-20)33(18-21-14-15-22(30)23(31)16-21)27(34)19-37-26-13-9-8-12-25(26)36-4/h5-16,24H,17-19H2,1-4H3,(H,32,35)/t24-/m1/s1. The lowest BCUT2D eigenvalue weighted by atomic mass is 10.0. The van der Waals surface area contributed by atoms with Crippen LogP contribution in [0.1, 0.15) is 31.9 Å². The number of carbonyl (C=O) groups is 2. The van der Waals surface area contributed by atoms with E-state index in [2.05, 4.69) is 5.32 Å². The quantitative estimate of drug-likeness (QED) is 0.344. The molecule has 3 rings (SSSR count). The van der Waals surface area contributed by atoms with Crippen LogP contribution in [-0.4, -0.2) is 42.0 Å². The highest BCUT2D eigenvalue weighted by Gasteiger charge is 2.32. The average Bonchev–Trinajstić information content (AvgIpc) is 2.86. The Balaban J connectivity index is 1.96. The van der Waals surface area contributed by atoms with E-state index >= 15 is 0 Å². The fraction of sp³-hybridized carbons (Fsp3) is 0.310. The van der Waals surface area contributed by atoms with Crippen molar-refractivity contribution >= 4 is 35.0 Å². The molecule has 8 heteroatoms. The van der Waals surface area contributed by atoms with Crippen molar-refractivity contribution in [2.24, 2.45) is 0 Å². The molecule has 0 aliphatic heterocycles. The second kappa shape index (κ2) is 12.8. The fourth-order valence-corrected chi connectivity index (χ4v) is 4.12. The van der Waals surface area contributed by atoms with Crippen LogP contribution in [0.5, 0.6) is 11.5 Å². The number of ether oxygens (including phenoxy) is 2. The fourth-order valence-electron chi connectivity index (χ4n) is 3.80. The number of halogens is 2. The van der Waals surface area contributed by atoms with Crippen molar-refractivity contribution in [3.8, 4) is 11.5 Å². The molecule has 37 heavy (non-hydrogen) atoms. The molecule has 2 amide bonds. The molecule has 0 aromatic heterocycles. The van der Waals surface area contributed by atoms with Gasteiger partial charge in [-0.05, 0) is 56.2 Å². The lowest BCUT2D eigenvalue weighted by Gasteiger charge is -2.34. The Morgan fingerprint density at radius 3 is 2.16 bits per heavy atom. The highest BCUT2D eigenvalue weighted by molar-refractivity contribution is 6.42. The number of methoxy groups -OCH3 is 1. The molecule has 0 radical (unpaired) electrons. The summed E-state index contributed by atoms with van der Waals surface area (Å²) in [6.45, 7) is 5.57. The average molecular weight is 543 g/mol. The maximum absolute atomic E-state index is 13.7. The molecule has 0 aliphatic rings. The normalized spacial score (nSPS) is 11.9. The van der Waals surface area contributed by atoms with Crippen LogP contribution in [0.25, 0.3) is 0 Å². The lowest BCUT2D eigenvalue weighted by molar-refractivity contribution is -0.143. The van der Waals surface area contributed by atoms with Gasteiger partial charge in [-0.1, -0.05) is 71.7 Å². The van der Waals surface area contributed by atoms with Gasteiger partial charge in [-0.2, -0.15) is 0 Å². The Labute approximate surface area is 228 Å². The van der Waals surface area contributed by atoms with Gasteiger partial charge in [-0.3, -0.25) is 9.59 Å². The van der Waals surface area contributed by atoms with Crippen molar-refractivity contribution in [2.45, 2.75) is 45.3 Å². The molecule has 196 valence electrons. The summed E-state index contributed by atoms with van der Waals surface area (Å²) in [4.78, 5) is 28.8. The minimum Gasteiger partial charge on any atom is -0.493 e. The van der Waals surface area contributed by atoms with Gasteiger partial charge < -0.3 is 19.7 Å². The molecule has 0 bridgehead atoms. The number of hydrogen-bond donors (Lipinski definition) is 1. The van der Waals surface area contributed by atoms with E-state index in [0.717, 1.165) is 11.1 Å². The van der Waals surface area contributed by atoms with Crippen LogP contribution in [0.2, 0.25) is 10.0 Å². The first-order chi connectivity index (χ1) is 17.6. The first kappa shape index (κ1) is 28.4. The number of nitrogens with zero attached hydrogens (tertiary/aromatic N) is 1. The monoisotopic (exact) mass is 542 g/mol. The number of rotatable bonds is 10. The molecule has 1 atom stereocenters. The Morgan fingerprint density at radius 1 is 0.892 bits per heavy atom. The molecule has 3 aromatic carbocycles. The maximum Gasteiger partial charge on any atom is 0.261 e. The topological polar surface area (TPSA) is 67.9 Å². The van der Waals surface area contributed by atoms with Crippen LogP contribution in [-0.2, 0) is 22.6 Å². The van der Waals surface area contributed by atoms with E-state index in [1.54, 1.807) is 36.4 Å². The Morgan fingerprint density at radius 2 is 1.54 bits per heavy atom. The van der Waals surface area contributed by atoms with Crippen molar-refractivity contribution in [1.82, 2.24) is 10.2 Å². The van der Waals surface area contributed by atoms with Crippen LogP contribution < -0.4 is 14.8 Å². The molecule has 0 saturated carbocycles. The molecular formula is C29H32Cl2N2O4. The Hall–Kier alpha value is -3.22. The second-order valence-electron chi connectivity index (χ2n) is 9.65. The summed E-state index contributed by atoms with van der Waals surface area (Å²) in [7, 11) is 1.54. The largest absolute Gasteiger partial charge is 0.493 e. The van der Waals surface area contributed by atoms with Gasteiger partial charge in [0.2, 0.25) is 5.91 Å². The zero-order valence-corrected chi connectivity index (χ0v) is 23.0. The summed E-state index contributed by atoms with van der Waals surface area (Å²) in [6.07, 6.45) is 0.324. The number of amides is 2. The first-order valence-electron chi connectivity index (χ1n) is 11.9. The second-order valence-corrected chi connectivity index (χ2v) is 10.5. The van der Waals surface area contributed by atoms with E-state index in [0.29, 0.717) is 28.0 Å². The van der Waals surface area contributed by atoms with E-state index in [4.69, 9.17) is 32.7 Å². The van der Waals surface area contributed by atoms with Crippen LogP contribution in [0, 0.1) is 0 Å². The molecule has 3 aromatic rings. The van der Waals surface area contributed by atoms with E-state index in [1.807, 2.05) is 57.2 Å². The summed E-state index contributed by atoms with van der Waals surface area (Å²) in [5.41, 5.74) is 1.17. The van der Waals surface area contributed by atoms with Gasteiger partial charge >= 0.3 is 0 Å². The number of carbonyl (C=O) groups excluding carboxylic acids is 2. The number of hydrogen-bond acceptors (Lipinski definition) is 4. The summed E-state index contributed by atoms with van der Waals surface area (Å²) < 4.78 is 11.2. The molecule has 0 aliphatic carbocycles. The van der Waals surface area contributed by atoms with Gasteiger partial charge in [0.05, 0.1) is 17.2 Å². The van der Waals surface area contributed by atoms with Gasteiger partial charge in [0.15, 0.2) is 18.1 Å². The first-order valence-corrected chi connectivity index (χ1v) is 12.7. The summed E-state index contributed by atoms with van der Waals surface area (Å²) in [5, 5.41) is 3.81. The van der Waals surface area contributed by atoms with Crippen LogP contribution in [0.4, 0.5) is 0 Å². The number of nitrogens with one attached hydrogen (secondary N) is 1. The number of benzene rings is 3. The van der Waals surface area contributed by atoms with Gasteiger partial charge in [0.25, 0.3) is 5.91 Å². The van der Waals surface area contributed by atoms with E-state index in [9.17, 15) is 9.59 Å². The predicted molar refractivity (Wildman–Crippen MR) is 147 cm³/mol. The molecule has 1 N–H and O–H groups in total. The molecule has 0 fully saturated rings. The Kier molecular flexibility index (Phi) is 9.84. The third-order valence-corrected chi connectivity index (χ3v) is 6.27. The van der Waals surface area contributed by atoms with Crippen molar-refractivity contribution in [3.63, 3.8) is 0 Å². The van der Waals surface area contributed by atoms with Crippen molar-refractivity contribution in [3.05, 3.63) is 94.0 Å². The molecule has 0 spiro atoms. The van der Waals surface area contributed by atoms with E-state index in [1.165, 1.54) is 12.0 Å². The predicted octanol–water partition coefficient (Wildman–Crippen LogP) is 5.94. The summed E-state index contributed by atoms with van der Waals surface area (Å²) in [6, 6.07) is 21.0. The lowest BCUT2D eigenvalue weighted by Crippen LogP contribution is -2.55. The van der Waals surface area contributed by atoms with Crippen LogP contribution in [0.15, 0.2) is 72.8 Å². The van der Waals surface area contributed by atoms with E-state index in [-0.39, 0.29) is 25.0 Å². The minimum atomic E-state index is -0.801. The molecule has 0 saturated heterocycles. The molecule has 6 nitrogen and oxygen atoms in total. The zero-order chi connectivity index (χ0) is 27.0. The summed E-state index contributed by atoms with van der Waals surface area (Å²) in [5.74, 6) is 0.327. The smallest absolute Gasteiger partial charge is 0.261 e. The Bertz CT molecular complexity index is 1210. The maximum atomic E-state index is 13.7. The number of para-hydroxylation sites is 2. The summed E-state index contributed by atoms with van der Waals surface area (Å²) >= 11 is 12.4. The van der Waals surface area contributed by atoms with Crippen LogP contribution >= 0.6 is 23.2 Å². The van der Waals surface area contributed by atoms with Gasteiger partial charge in [0, 0.05) is 18.5 Å². The minimum absolute atomic E-state index is 0.139. The van der Waals surface area contributed by atoms with Gasteiger partial charge in [-0.25, -0.2) is 0 Å². The molecular weight excluding hydrogens is 511 g/mol. The molecule has 0 unspecified atom stereocenters. The highest BCUT2D eigenvalue weighted by Crippen LogP contribution is 2.27. The van der Waals surface area contributed by atoms with Crippen molar-refractivity contribution < 1.29 is 19.1 Å². The van der Waals surface area contributed by atoms with Gasteiger partial charge in [-0.15, -0.1) is 0 Å². The van der Waals surface area contributed by atoms with Gasteiger partial charge in [0.1, 0.15) is 6.04 Å². The van der Waals surface area contributed by atoms with Crippen molar-refractivity contribution in [1.29, 1.82) is 0 Å². The third-order valence-electron chi connectivity index (χ3n) is 5.53. The highest BCUT2D eigenvalue weighted by atomic mass is 35.5. The zero-order valence-electron chi connectivity index (χ0n) is 21.5. The molecule has 0 heterocycles. The van der Waals surface area contributed by atoms with Crippen molar-refractivity contribution in [2.75, 3.05) is 13.7 Å². The van der Waals surface area contributed by atoms with Crippen LogP contribution in [0.3, 0.4) is 0 Å². The SMILES string of the molecule is COc1ccccc1OCC(=O)N(Cc1ccc(Cl)c(Cl)c1)[C@H](Cc1ccccc1)C(=O)NC(C)(C)C. The van der Waals surface area contributed by atoms with E-state index < -0.39 is 11.6 Å².